The van der Waals surface area contributed by atoms with Crippen LogP contribution in [0.4, 0.5) is 15.8 Å². The number of hydrogen-bond acceptors (Lipinski definition) is 5. The van der Waals surface area contributed by atoms with Gasteiger partial charge in [0.25, 0.3) is 0 Å². The number of carbonyl (C=O) groups excluding carboxylic acids is 2. The Morgan fingerprint density at radius 3 is 2.48 bits per heavy atom. The number of nitrogen functional groups attached to an aromatic ring is 1. The molecular formula is C21H25FN4O3. The average molecular weight is 400 g/mol. The number of ether oxygens (including phenoxy) is 1. The molecule has 0 aromatic heterocycles. The number of aryl methyl sites for hydroxylation is 1. The molecule has 1 aliphatic heterocycles. The Kier molecular flexibility index (Phi) is 6.79. The van der Waals surface area contributed by atoms with Gasteiger partial charge < -0.3 is 21.1 Å². The van der Waals surface area contributed by atoms with Crippen molar-refractivity contribution in [2.24, 2.45) is 0 Å². The molecule has 1 unspecified atom stereocenters. The number of amides is 2. The lowest BCUT2D eigenvalue weighted by Crippen LogP contribution is -2.45. The minimum absolute atomic E-state index is 0.185. The van der Waals surface area contributed by atoms with Crippen LogP contribution in [0.3, 0.4) is 0 Å². The summed E-state index contributed by atoms with van der Waals surface area (Å²) in [6, 6.07) is 11.0. The van der Waals surface area contributed by atoms with E-state index in [9.17, 15) is 14.0 Å². The highest BCUT2D eigenvalue weighted by molar-refractivity contribution is 6.39. The maximum Gasteiger partial charge on any atom is 0.313 e. The molecule has 154 valence electrons. The van der Waals surface area contributed by atoms with Crippen LogP contribution in [-0.4, -0.2) is 49.6 Å². The predicted octanol–water partition coefficient (Wildman–Crippen LogP) is 1.84. The van der Waals surface area contributed by atoms with E-state index in [0.29, 0.717) is 37.7 Å². The lowest BCUT2D eigenvalue weighted by Gasteiger charge is -2.34. The van der Waals surface area contributed by atoms with Gasteiger partial charge in [0.1, 0.15) is 5.82 Å². The highest BCUT2D eigenvalue weighted by Gasteiger charge is 2.24. The number of nitrogens with two attached hydrogens (primary N) is 1. The minimum atomic E-state index is -0.756. The van der Waals surface area contributed by atoms with Crippen molar-refractivity contribution in [2.45, 2.75) is 13.0 Å². The normalized spacial score (nSPS) is 15.5. The molecule has 1 aliphatic rings. The van der Waals surface area contributed by atoms with Gasteiger partial charge >= 0.3 is 11.8 Å². The molecule has 0 spiro atoms. The van der Waals surface area contributed by atoms with Gasteiger partial charge in [0.2, 0.25) is 0 Å². The van der Waals surface area contributed by atoms with Gasteiger partial charge in [0.05, 0.1) is 19.3 Å². The molecule has 2 aromatic rings. The second-order valence-electron chi connectivity index (χ2n) is 6.95. The number of nitrogens with one attached hydrogen (secondary N) is 2. The minimum Gasteiger partial charge on any atom is -0.399 e. The van der Waals surface area contributed by atoms with Crippen LogP contribution in [-0.2, 0) is 14.3 Å². The Balaban J connectivity index is 1.64. The van der Waals surface area contributed by atoms with Crippen LogP contribution in [0.25, 0.3) is 0 Å². The highest BCUT2D eigenvalue weighted by Crippen LogP contribution is 2.22. The van der Waals surface area contributed by atoms with Crippen molar-refractivity contribution in [2.75, 3.05) is 43.9 Å². The predicted molar refractivity (Wildman–Crippen MR) is 109 cm³/mol. The lowest BCUT2D eigenvalue weighted by molar-refractivity contribution is -0.136. The molecule has 1 saturated heterocycles. The number of anilines is 2. The van der Waals surface area contributed by atoms with Gasteiger partial charge in [-0.15, -0.1) is 0 Å². The third-order valence-corrected chi connectivity index (χ3v) is 4.93. The summed E-state index contributed by atoms with van der Waals surface area (Å²) in [5.74, 6) is -1.81. The first-order chi connectivity index (χ1) is 13.9. The zero-order chi connectivity index (χ0) is 20.8. The van der Waals surface area contributed by atoms with Crippen molar-refractivity contribution in [3.63, 3.8) is 0 Å². The topological polar surface area (TPSA) is 96.7 Å². The van der Waals surface area contributed by atoms with Crippen LogP contribution < -0.4 is 16.4 Å². The summed E-state index contributed by atoms with van der Waals surface area (Å²) in [7, 11) is 0. The summed E-state index contributed by atoms with van der Waals surface area (Å²) in [4.78, 5) is 26.7. The fraction of sp³-hybridized carbons (Fsp3) is 0.333. The van der Waals surface area contributed by atoms with Crippen LogP contribution in [0, 0.1) is 12.7 Å². The molecule has 0 saturated carbocycles. The molecule has 2 aromatic carbocycles. The van der Waals surface area contributed by atoms with E-state index in [1.165, 1.54) is 12.1 Å². The van der Waals surface area contributed by atoms with Crippen molar-refractivity contribution in [1.29, 1.82) is 0 Å². The quantitative estimate of drug-likeness (QED) is 0.526. The Hall–Kier alpha value is -2.97. The van der Waals surface area contributed by atoms with E-state index >= 15 is 0 Å². The summed E-state index contributed by atoms with van der Waals surface area (Å²) in [6.07, 6.45) is 0. The molecule has 0 radical (unpaired) electrons. The van der Waals surface area contributed by atoms with E-state index in [0.717, 1.165) is 11.1 Å². The Morgan fingerprint density at radius 2 is 1.83 bits per heavy atom. The Bertz CT molecular complexity index is 867. The number of nitrogens with zero attached hydrogens (tertiary/aromatic N) is 1. The number of morpholine rings is 1. The molecule has 8 heteroatoms. The van der Waals surface area contributed by atoms with Crippen molar-refractivity contribution >= 4 is 23.2 Å². The SMILES string of the molecule is Cc1cc(NC(=O)C(=O)NCC(c2ccc(F)cc2)N2CCOCC2)ccc1N. The second-order valence-corrected chi connectivity index (χ2v) is 6.95. The maximum absolute atomic E-state index is 13.3. The first kappa shape index (κ1) is 20.8. The Labute approximate surface area is 169 Å². The van der Waals surface area contributed by atoms with Crippen molar-refractivity contribution in [3.8, 4) is 0 Å². The van der Waals surface area contributed by atoms with Crippen LogP contribution in [0.5, 0.6) is 0 Å². The van der Waals surface area contributed by atoms with Crippen LogP contribution in [0.1, 0.15) is 17.2 Å². The van der Waals surface area contributed by atoms with E-state index in [4.69, 9.17) is 10.5 Å². The van der Waals surface area contributed by atoms with Crippen LogP contribution >= 0.6 is 0 Å². The summed E-state index contributed by atoms with van der Waals surface area (Å²) < 4.78 is 18.7. The molecule has 0 aliphatic carbocycles. The first-order valence-corrected chi connectivity index (χ1v) is 9.46. The number of rotatable bonds is 5. The third kappa shape index (κ3) is 5.52. The van der Waals surface area contributed by atoms with Gasteiger partial charge in [0, 0.05) is 31.0 Å². The van der Waals surface area contributed by atoms with Gasteiger partial charge in [0.15, 0.2) is 0 Å². The summed E-state index contributed by atoms with van der Waals surface area (Å²) in [5.41, 5.74) is 8.55. The number of benzene rings is 2. The largest absolute Gasteiger partial charge is 0.399 e. The van der Waals surface area contributed by atoms with Gasteiger partial charge in [-0.2, -0.15) is 0 Å². The van der Waals surface area contributed by atoms with E-state index in [-0.39, 0.29) is 18.4 Å². The van der Waals surface area contributed by atoms with Crippen LogP contribution in [0.2, 0.25) is 0 Å². The molecule has 7 nitrogen and oxygen atoms in total. The van der Waals surface area contributed by atoms with Crippen LogP contribution in [0.15, 0.2) is 42.5 Å². The van der Waals surface area contributed by atoms with Gasteiger partial charge in [-0.25, -0.2) is 4.39 Å². The molecule has 0 bridgehead atoms. The van der Waals surface area contributed by atoms with Gasteiger partial charge in [-0.1, -0.05) is 12.1 Å². The molecular weight excluding hydrogens is 375 g/mol. The first-order valence-electron chi connectivity index (χ1n) is 9.46. The molecule has 3 rings (SSSR count). The molecule has 29 heavy (non-hydrogen) atoms. The van der Waals surface area contributed by atoms with E-state index in [1.54, 1.807) is 30.3 Å². The number of carbonyl (C=O) groups is 2. The van der Waals surface area contributed by atoms with E-state index in [1.807, 2.05) is 6.92 Å². The van der Waals surface area contributed by atoms with E-state index in [2.05, 4.69) is 15.5 Å². The molecule has 1 atom stereocenters. The second kappa shape index (κ2) is 9.49. The van der Waals surface area contributed by atoms with Crippen molar-refractivity contribution in [1.82, 2.24) is 10.2 Å². The summed E-state index contributed by atoms with van der Waals surface area (Å²) in [5, 5.41) is 5.26. The fourth-order valence-electron chi connectivity index (χ4n) is 3.24. The average Bonchev–Trinajstić information content (AvgIpc) is 2.72. The van der Waals surface area contributed by atoms with Crippen molar-refractivity contribution in [3.05, 3.63) is 59.4 Å². The maximum atomic E-state index is 13.3. The zero-order valence-corrected chi connectivity index (χ0v) is 16.3. The standard InChI is InChI=1S/C21H25FN4O3/c1-14-12-17(6-7-18(14)23)25-21(28)20(27)24-13-19(26-8-10-29-11-9-26)15-2-4-16(22)5-3-15/h2-7,12,19H,8-11,13,23H2,1H3,(H,24,27)(H,25,28). The van der Waals surface area contributed by atoms with Crippen molar-refractivity contribution < 1.29 is 18.7 Å². The smallest absolute Gasteiger partial charge is 0.313 e. The lowest BCUT2D eigenvalue weighted by atomic mass is 10.0. The summed E-state index contributed by atoms with van der Waals surface area (Å²) >= 11 is 0. The number of halogens is 1. The van der Waals surface area contributed by atoms with Gasteiger partial charge in [-0.05, 0) is 48.4 Å². The number of hydrogen-bond donors (Lipinski definition) is 3. The molecule has 2 amide bonds. The molecule has 1 heterocycles. The van der Waals surface area contributed by atoms with Gasteiger partial charge in [-0.3, -0.25) is 14.5 Å². The summed E-state index contributed by atoms with van der Waals surface area (Å²) in [6.45, 7) is 4.59. The zero-order valence-electron chi connectivity index (χ0n) is 16.3. The Morgan fingerprint density at radius 1 is 1.14 bits per heavy atom. The molecule has 4 N–H and O–H groups in total. The fourth-order valence-corrected chi connectivity index (χ4v) is 3.24. The van der Waals surface area contributed by atoms with E-state index < -0.39 is 11.8 Å². The third-order valence-electron chi connectivity index (χ3n) is 4.93. The highest BCUT2D eigenvalue weighted by atomic mass is 19.1. The molecule has 1 fully saturated rings. The monoisotopic (exact) mass is 400 g/mol.